The summed E-state index contributed by atoms with van der Waals surface area (Å²) in [5.41, 5.74) is 2.78. The Bertz CT molecular complexity index is 526. The molecule has 2 aromatic rings. The number of nitriles is 1. The van der Waals surface area contributed by atoms with Crippen molar-refractivity contribution in [2.75, 3.05) is 5.32 Å². The molecule has 0 saturated heterocycles. The average Bonchev–Trinajstić information content (AvgIpc) is 2.39. The van der Waals surface area contributed by atoms with Crippen molar-refractivity contribution in [1.29, 1.82) is 5.26 Å². The van der Waals surface area contributed by atoms with Gasteiger partial charge in [-0.1, -0.05) is 12.1 Å². The molecule has 0 aliphatic heterocycles. The van der Waals surface area contributed by atoms with Gasteiger partial charge in [-0.2, -0.15) is 5.26 Å². The standard InChI is InChI=1S/C13H10BrN3/c14-13-6-5-12(9-17-13)16-8-11-3-1-10(7-15)2-4-11/h1-6,9,16H,8H2. The van der Waals surface area contributed by atoms with Crippen LogP contribution in [0.3, 0.4) is 0 Å². The van der Waals surface area contributed by atoms with E-state index in [2.05, 4.69) is 32.3 Å². The Morgan fingerprint density at radius 1 is 1.18 bits per heavy atom. The molecule has 0 saturated carbocycles. The fraction of sp³-hybridized carbons (Fsp3) is 0.0769. The molecule has 0 radical (unpaired) electrons. The summed E-state index contributed by atoms with van der Waals surface area (Å²) >= 11 is 3.29. The zero-order valence-corrected chi connectivity index (χ0v) is 10.6. The lowest BCUT2D eigenvalue weighted by molar-refractivity contribution is 1.13. The zero-order valence-electron chi connectivity index (χ0n) is 9.02. The van der Waals surface area contributed by atoms with Gasteiger partial charge in [-0.3, -0.25) is 0 Å². The number of nitrogens with zero attached hydrogens (tertiary/aromatic N) is 2. The zero-order chi connectivity index (χ0) is 12.1. The highest BCUT2D eigenvalue weighted by molar-refractivity contribution is 9.10. The minimum absolute atomic E-state index is 0.680. The lowest BCUT2D eigenvalue weighted by Gasteiger charge is -2.06. The number of hydrogen-bond acceptors (Lipinski definition) is 3. The van der Waals surface area contributed by atoms with Gasteiger partial charge in [-0.15, -0.1) is 0 Å². The Morgan fingerprint density at radius 2 is 1.94 bits per heavy atom. The highest BCUT2D eigenvalue weighted by Crippen LogP contribution is 2.12. The van der Waals surface area contributed by atoms with Crippen LogP contribution in [0.15, 0.2) is 47.2 Å². The Kier molecular flexibility index (Phi) is 3.73. The fourth-order valence-corrected chi connectivity index (χ4v) is 1.62. The topological polar surface area (TPSA) is 48.7 Å². The van der Waals surface area contributed by atoms with E-state index in [9.17, 15) is 0 Å². The molecule has 2 rings (SSSR count). The smallest absolute Gasteiger partial charge is 0.106 e. The summed E-state index contributed by atoms with van der Waals surface area (Å²) in [4.78, 5) is 4.13. The van der Waals surface area contributed by atoms with E-state index in [0.717, 1.165) is 22.4 Å². The summed E-state index contributed by atoms with van der Waals surface area (Å²) in [5, 5.41) is 11.9. The normalized spacial score (nSPS) is 9.65. The molecule has 4 heteroatoms. The monoisotopic (exact) mass is 287 g/mol. The van der Waals surface area contributed by atoms with Gasteiger partial charge < -0.3 is 5.32 Å². The van der Waals surface area contributed by atoms with Crippen LogP contribution in [0, 0.1) is 11.3 Å². The number of hydrogen-bond donors (Lipinski definition) is 1. The lowest BCUT2D eigenvalue weighted by Crippen LogP contribution is -1.99. The minimum atomic E-state index is 0.680. The Balaban J connectivity index is 1.98. The summed E-state index contributed by atoms with van der Waals surface area (Å²) in [7, 11) is 0. The van der Waals surface area contributed by atoms with E-state index in [-0.39, 0.29) is 0 Å². The fourth-order valence-electron chi connectivity index (χ4n) is 1.38. The molecule has 0 fully saturated rings. The van der Waals surface area contributed by atoms with Crippen molar-refractivity contribution in [3.05, 3.63) is 58.3 Å². The van der Waals surface area contributed by atoms with E-state index in [1.807, 2.05) is 36.4 Å². The van der Waals surface area contributed by atoms with Crippen LogP contribution in [-0.2, 0) is 6.54 Å². The van der Waals surface area contributed by atoms with Crippen LogP contribution in [0.1, 0.15) is 11.1 Å². The van der Waals surface area contributed by atoms with Crippen LogP contribution < -0.4 is 5.32 Å². The number of pyridine rings is 1. The van der Waals surface area contributed by atoms with Crippen molar-refractivity contribution < 1.29 is 0 Å². The maximum absolute atomic E-state index is 8.68. The maximum Gasteiger partial charge on any atom is 0.106 e. The SMILES string of the molecule is N#Cc1ccc(CNc2ccc(Br)nc2)cc1. The lowest BCUT2D eigenvalue weighted by atomic mass is 10.1. The summed E-state index contributed by atoms with van der Waals surface area (Å²) in [6.45, 7) is 0.717. The Hall–Kier alpha value is -1.86. The number of anilines is 1. The van der Waals surface area contributed by atoms with Gasteiger partial charge in [-0.25, -0.2) is 4.98 Å². The van der Waals surface area contributed by atoms with Crippen LogP contribution >= 0.6 is 15.9 Å². The molecular formula is C13H10BrN3. The molecule has 0 bridgehead atoms. The number of benzene rings is 1. The number of halogens is 1. The Labute approximate surface area is 108 Å². The summed E-state index contributed by atoms with van der Waals surface area (Å²) in [6.07, 6.45) is 1.77. The predicted molar refractivity (Wildman–Crippen MR) is 70.4 cm³/mol. The predicted octanol–water partition coefficient (Wildman–Crippen LogP) is 3.33. The van der Waals surface area contributed by atoms with Crippen molar-refractivity contribution in [1.82, 2.24) is 4.98 Å². The van der Waals surface area contributed by atoms with E-state index in [1.54, 1.807) is 6.20 Å². The molecule has 0 unspecified atom stereocenters. The molecule has 0 spiro atoms. The van der Waals surface area contributed by atoms with Gasteiger partial charge in [0.2, 0.25) is 0 Å². The maximum atomic E-state index is 8.68. The summed E-state index contributed by atoms with van der Waals surface area (Å²) < 4.78 is 0.821. The number of nitrogens with one attached hydrogen (secondary N) is 1. The van der Waals surface area contributed by atoms with Crippen molar-refractivity contribution in [2.45, 2.75) is 6.54 Å². The van der Waals surface area contributed by atoms with Crippen molar-refractivity contribution in [2.24, 2.45) is 0 Å². The minimum Gasteiger partial charge on any atom is -0.380 e. The molecule has 84 valence electrons. The molecule has 1 heterocycles. The quantitative estimate of drug-likeness (QED) is 0.881. The second-order valence-electron chi connectivity index (χ2n) is 3.53. The molecule has 1 aromatic carbocycles. The van der Waals surface area contributed by atoms with Crippen LogP contribution in [0.4, 0.5) is 5.69 Å². The third-order valence-electron chi connectivity index (χ3n) is 2.31. The number of rotatable bonds is 3. The summed E-state index contributed by atoms with van der Waals surface area (Å²) in [6, 6.07) is 13.5. The molecule has 0 atom stereocenters. The van der Waals surface area contributed by atoms with E-state index in [4.69, 9.17) is 5.26 Å². The molecule has 17 heavy (non-hydrogen) atoms. The van der Waals surface area contributed by atoms with E-state index in [0.29, 0.717) is 5.56 Å². The first-order valence-electron chi connectivity index (χ1n) is 5.12. The van der Waals surface area contributed by atoms with Gasteiger partial charge in [0.05, 0.1) is 23.5 Å². The van der Waals surface area contributed by atoms with Gasteiger partial charge in [-0.05, 0) is 45.8 Å². The van der Waals surface area contributed by atoms with E-state index in [1.165, 1.54) is 0 Å². The van der Waals surface area contributed by atoms with Crippen molar-refractivity contribution in [3.8, 4) is 6.07 Å². The molecule has 0 aliphatic carbocycles. The first-order chi connectivity index (χ1) is 8.28. The van der Waals surface area contributed by atoms with Crippen molar-refractivity contribution in [3.63, 3.8) is 0 Å². The highest BCUT2D eigenvalue weighted by atomic mass is 79.9. The van der Waals surface area contributed by atoms with Gasteiger partial charge in [0.25, 0.3) is 0 Å². The first-order valence-corrected chi connectivity index (χ1v) is 5.92. The van der Waals surface area contributed by atoms with Crippen LogP contribution in [0.5, 0.6) is 0 Å². The van der Waals surface area contributed by atoms with Gasteiger partial charge in [0.15, 0.2) is 0 Å². The molecule has 0 amide bonds. The third-order valence-corrected chi connectivity index (χ3v) is 2.78. The molecule has 1 N–H and O–H groups in total. The van der Waals surface area contributed by atoms with Crippen LogP contribution in [0.25, 0.3) is 0 Å². The van der Waals surface area contributed by atoms with Crippen LogP contribution in [-0.4, -0.2) is 4.98 Å². The molecule has 3 nitrogen and oxygen atoms in total. The number of aromatic nitrogens is 1. The van der Waals surface area contributed by atoms with E-state index < -0.39 is 0 Å². The Morgan fingerprint density at radius 3 is 2.53 bits per heavy atom. The van der Waals surface area contributed by atoms with Gasteiger partial charge in [0, 0.05) is 6.54 Å². The molecule has 0 aliphatic rings. The van der Waals surface area contributed by atoms with Gasteiger partial charge in [0.1, 0.15) is 4.60 Å². The summed E-state index contributed by atoms with van der Waals surface area (Å²) in [5.74, 6) is 0. The first kappa shape index (κ1) is 11.6. The molecular weight excluding hydrogens is 278 g/mol. The van der Waals surface area contributed by atoms with Crippen molar-refractivity contribution >= 4 is 21.6 Å². The largest absolute Gasteiger partial charge is 0.380 e. The second-order valence-corrected chi connectivity index (χ2v) is 4.34. The van der Waals surface area contributed by atoms with Crippen LogP contribution in [0.2, 0.25) is 0 Å². The highest BCUT2D eigenvalue weighted by Gasteiger charge is 1.95. The molecule has 1 aromatic heterocycles. The van der Waals surface area contributed by atoms with E-state index >= 15 is 0 Å². The van der Waals surface area contributed by atoms with Gasteiger partial charge >= 0.3 is 0 Å². The second kappa shape index (κ2) is 5.46. The third kappa shape index (κ3) is 3.30. The average molecular weight is 288 g/mol.